The van der Waals surface area contributed by atoms with Gasteiger partial charge in [-0.1, -0.05) is 0 Å². The van der Waals surface area contributed by atoms with Crippen LogP contribution < -0.4 is 4.90 Å². The molecule has 2 fully saturated rings. The zero-order chi connectivity index (χ0) is 14.2. The average molecular weight is 298 g/mol. The molecule has 2 aliphatic heterocycles. The molecule has 0 N–H and O–H groups in total. The van der Waals surface area contributed by atoms with Crippen molar-refractivity contribution in [1.82, 2.24) is 9.97 Å². The minimum atomic E-state index is -4.22. The summed E-state index contributed by atoms with van der Waals surface area (Å²) in [5.41, 5.74) is 0. The third kappa shape index (κ3) is 2.38. The summed E-state index contributed by atoms with van der Waals surface area (Å²) in [5.74, 6) is 0.672. The molecule has 0 aromatic carbocycles. The maximum absolute atomic E-state index is 11.4. The zero-order valence-corrected chi connectivity index (χ0v) is 12.0. The van der Waals surface area contributed by atoms with Gasteiger partial charge in [-0.05, 0) is 6.07 Å². The molecule has 2 aliphatic rings. The predicted octanol–water partition coefficient (Wildman–Crippen LogP) is -0.221. The van der Waals surface area contributed by atoms with Crippen molar-refractivity contribution in [3.05, 3.63) is 18.5 Å². The fourth-order valence-corrected chi connectivity index (χ4v) is 4.77. The Labute approximate surface area is 118 Å². The van der Waals surface area contributed by atoms with Crippen LogP contribution in [0.2, 0.25) is 0 Å². The molecule has 0 radical (unpaired) electrons. The monoisotopic (exact) mass is 298 g/mol. The Morgan fingerprint density at radius 1 is 1.20 bits per heavy atom. The van der Waals surface area contributed by atoms with Gasteiger partial charge in [0.1, 0.15) is 10.1 Å². The zero-order valence-electron chi connectivity index (χ0n) is 11.2. The minimum absolute atomic E-state index is 0.426. The molecule has 20 heavy (non-hydrogen) atoms. The number of hydrogen-bond acceptors (Lipinski definition) is 6. The molecule has 3 heterocycles. The van der Waals surface area contributed by atoms with Gasteiger partial charge in [0.05, 0.1) is 32.7 Å². The largest absolute Gasteiger partial charge is 0.743 e. The number of rotatable bonds is 2. The first kappa shape index (κ1) is 13.7. The molecule has 1 spiro atoms. The Morgan fingerprint density at radius 3 is 2.45 bits per heavy atom. The van der Waals surface area contributed by atoms with Gasteiger partial charge in [0.15, 0.2) is 5.37 Å². The summed E-state index contributed by atoms with van der Waals surface area (Å²) in [6.45, 7) is 3.51. The summed E-state index contributed by atoms with van der Waals surface area (Å²) in [7, 11) is -4.22. The molecule has 1 unspecified atom stereocenters. The second-order valence-corrected chi connectivity index (χ2v) is 7.04. The van der Waals surface area contributed by atoms with Crippen LogP contribution in [0.1, 0.15) is 12.8 Å². The molecule has 0 saturated carbocycles. The van der Waals surface area contributed by atoms with Crippen LogP contribution in [0.5, 0.6) is 0 Å². The first-order valence-electron chi connectivity index (χ1n) is 6.84. The summed E-state index contributed by atoms with van der Waals surface area (Å²) >= 11 is 0. The molecule has 2 saturated heterocycles. The number of quaternary nitrogens is 1. The normalized spacial score (nSPS) is 26.1. The van der Waals surface area contributed by atoms with Crippen LogP contribution in [-0.2, 0) is 10.1 Å². The molecule has 3 rings (SSSR count). The van der Waals surface area contributed by atoms with Crippen molar-refractivity contribution in [2.75, 3.05) is 37.6 Å². The van der Waals surface area contributed by atoms with Crippen molar-refractivity contribution >= 4 is 16.1 Å². The van der Waals surface area contributed by atoms with E-state index in [0.29, 0.717) is 43.0 Å². The van der Waals surface area contributed by atoms with E-state index in [0.717, 1.165) is 13.0 Å². The number of hydrogen-bond donors (Lipinski definition) is 0. The molecule has 8 heteroatoms. The lowest BCUT2D eigenvalue weighted by atomic mass is 10.2. The molecule has 0 bridgehead atoms. The SMILES string of the molecule is O=S(=O)([O-])C1CCC[N+]12CCN(c1ncccn1)CC2. The van der Waals surface area contributed by atoms with Crippen LogP contribution in [0.25, 0.3) is 0 Å². The van der Waals surface area contributed by atoms with Gasteiger partial charge in [-0.15, -0.1) is 0 Å². The highest BCUT2D eigenvalue weighted by Gasteiger charge is 2.47. The first-order chi connectivity index (χ1) is 9.51. The molecule has 1 atom stereocenters. The highest BCUT2D eigenvalue weighted by Crippen LogP contribution is 2.32. The smallest absolute Gasteiger partial charge is 0.225 e. The predicted molar refractivity (Wildman–Crippen MR) is 71.8 cm³/mol. The Kier molecular flexibility index (Phi) is 3.39. The van der Waals surface area contributed by atoms with Crippen molar-refractivity contribution in [2.45, 2.75) is 18.2 Å². The molecule has 0 aliphatic carbocycles. The molecule has 110 valence electrons. The molecule has 0 amide bonds. The van der Waals surface area contributed by atoms with Crippen molar-refractivity contribution in [1.29, 1.82) is 0 Å². The van der Waals surface area contributed by atoms with Crippen molar-refractivity contribution < 1.29 is 17.5 Å². The number of piperazine rings is 1. The van der Waals surface area contributed by atoms with Crippen LogP contribution in [0, 0.1) is 0 Å². The third-order valence-corrected chi connectivity index (χ3v) is 5.81. The third-order valence-electron chi connectivity index (χ3n) is 4.46. The lowest BCUT2D eigenvalue weighted by Crippen LogP contribution is -2.63. The van der Waals surface area contributed by atoms with E-state index >= 15 is 0 Å². The Bertz CT molecular complexity index is 570. The van der Waals surface area contributed by atoms with Gasteiger partial charge >= 0.3 is 0 Å². The second kappa shape index (κ2) is 4.94. The summed E-state index contributed by atoms with van der Waals surface area (Å²) in [6, 6.07) is 1.77. The molecule has 1 aromatic rings. The quantitative estimate of drug-likeness (QED) is 0.554. The summed E-state index contributed by atoms with van der Waals surface area (Å²) in [4.78, 5) is 10.5. The van der Waals surface area contributed by atoms with E-state index in [-0.39, 0.29) is 0 Å². The maximum Gasteiger partial charge on any atom is 0.225 e. The first-order valence-corrected chi connectivity index (χ1v) is 8.31. The van der Waals surface area contributed by atoms with E-state index in [2.05, 4.69) is 14.9 Å². The number of nitrogens with zero attached hydrogens (tertiary/aromatic N) is 4. The van der Waals surface area contributed by atoms with E-state index in [1.54, 1.807) is 18.5 Å². The number of aromatic nitrogens is 2. The summed E-state index contributed by atoms with van der Waals surface area (Å²) < 4.78 is 34.8. The van der Waals surface area contributed by atoms with Gasteiger partial charge in [-0.3, -0.25) is 0 Å². The lowest BCUT2D eigenvalue weighted by molar-refractivity contribution is -0.927. The van der Waals surface area contributed by atoms with Gasteiger partial charge < -0.3 is 13.9 Å². The standard InChI is InChI=1S/C12H18N4O3S/c17-20(18,19)11-3-1-8-16(11)9-6-15(7-10-16)12-13-4-2-5-14-12/h2,4-5,11H,1,3,6-10H2. The van der Waals surface area contributed by atoms with Gasteiger partial charge in [0, 0.05) is 25.2 Å². The van der Waals surface area contributed by atoms with Crippen molar-refractivity contribution in [3.8, 4) is 0 Å². The fraction of sp³-hybridized carbons (Fsp3) is 0.667. The van der Waals surface area contributed by atoms with Crippen LogP contribution >= 0.6 is 0 Å². The summed E-state index contributed by atoms with van der Waals surface area (Å²) in [6.07, 6.45) is 4.70. The average Bonchev–Trinajstić information content (AvgIpc) is 2.84. The van der Waals surface area contributed by atoms with E-state index in [1.165, 1.54) is 0 Å². The van der Waals surface area contributed by atoms with Crippen molar-refractivity contribution in [3.63, 3.8) is 0 Å². The van der Waals surface area contributed by atoms with E-state index < -0.39 is 15.5 Å². The van der Waals surface area contributed by atoms with Gasteiger partial charge in [0.25, 0.3) is 0 Å². The van der Waals surface area contributed by atoms with Crippen LogP contribution in [0.15, 0.2) is 18.5 Å². The molecule has 7 nitrogen and oxygen atoms in total. The topological polar surface area (TPSA) is 86.2 Å². The van der Waals surface area contributed by atoms with Crippen molar-refractivity contribution in [2.24, 2.45) is 0 Å². The Balaban J connectivity index is 1.75. The van der Waals surface area contributed by atoms with E-state index in [4.69, 9.17) is 0 Å². The lowest BCUT2D eigenvalue weighted by Gasteiger charge is -2.46. The molecular formula is C12H18N4O3S. The highest BCUT2D eigenvalue weighted by molar-refractivity contribution is 7.86. The van der Waals surface area contributed by atoms with E-state index in [9.17, 15) is 13.0 Å². The van der Waals surface area contributed by atoms with Gasteiger partial charge in [-0.25, -0.2) is 18.4 Å². The summed E-state index contributed by atoms with van der Waals surface area (Å²) in [5, 5.41) is -0.763. The fourth-order valence-electron chi connectivity index (χ4n) is 3.45. The van der Waals surface area contributed by atoms with Gasteiger partial charge in [-0.2, -0.15) is 0 Å². The van der Waals surface area contributed by atoms with Crippen LogP contribution in [0.3, 0.4) is 0 Å². The van der Waals surface area contributed by atoms with E-state index in [1.807, 2.05) is 0 Å². The van der Waals surface area contributed by atoms with Gasteiger partial charge in [0.2, 0.25) is 5.95 Å². The Morgan fingerprint density at radius 2 is 1.85 bits per heavy atom. The second-order valence-electron chi connectivity index (χ2n) is 5.51. The highest BCUT2D eigenvalue weighted by atomic mass is 32.2. The molecule has 1 aromatic heterocycles. The molecular weight excluding hydrogens is 280 g/mol. The minimum Gasteiger partial charge on any atom is -0.743 e. The van der Waals surface area contributed by atoms with Crippen LogP contribution in [0.4, 0.5) is 5.95 Å². The maximum atomic E-state index is 11.4. The van der Waals surface area contributed by atoms with Crippen LogP contribution in [-0.4, -0.2) is 65.5 Å². The Hall–Kier alpha value is -1.25. The number of anilines is 1.